The Morgan fingerprint density at radius 1 is 1.38 bits per heavy atom. The Labute approximate surface area is 86.8 Å². The molecule has 0 saturated carbocycles. The number of carbonyl (C=O) groups is 1. The van der Waals surface area contributed by atoms with Gasteiger partial charge in [0.05, 0.1) is 10.7 Å². The molecular weight excluding hydrogens is 209 g/mol. The summed E-state index contributed by atoms with van der Waals surface area (Å²) in [5.74, 6) is 0.194. The molecule has 0 radical (unpaired) electrons. The lowest BCUT2D eigenvalue weighted by molar-refractivity contribution is -0.115. The molecule has 1 aromatic rings. The van der Waals surface area contributed by atoms with Crippen LogP contribution in [0.1, 0.15) is 6.42 Å². The molecule has 0 bridgehead atoms. The zero-order chi connectivity index (χ0) is 9.68. The van der Waals surface area contributed by atoms with Gasteiger partial charge in [-0.15, -0.1) is 11.6 Å². The summed E-state index contributed by atoms with van der Waals surface area (Å²) >= 11 is 11.2. The minimum atomic E-state index is -0.122. The maximum Gasteiger partial charge on any atom is 0.225 e. The van der Waals surface area contributed by atoms with E-state index < -0.39 is 0 Å². The zero-order valence-corrected chi connectivity index (χ0v) is 8.40. The van der Waals surface area contributed by atoms with Crippen molar-refractivity contribution in [2.24, 2.45) is 0 Å². The van der Waals surface area contributed by atoms with Crippen LogP contribution >= 0.6 is 23.2 Å². The van der Waals surface area contributed by atoms with Crippen LogP contribution in [0.15, 0.2) is 24.3 Å². The van der Waals surface area contributed by atoms with Gasteiger partial charge < -0.3 is 5.32 Å². The van der Waals surface area contributed by atoms with Gasteiger partial charge in [0.1, 0.15) is 0 Å². The average molecular weight is 218 g/mol. The summed E-state index contributed by atoms with van der Waals surface area (Å²) in [6, 6.07) is 7.08. The number of nitrogens with one attached hydrogen (secondary N) is 1. The van der Waals surface area contributed by atoms with Gasteiger partial charge in [-0.1, -0.05) is 23.7 Å². The van der Waals surface area contributed by atoms with Crippen LogP contribution in [0.25, 0.3) is 0 Å². The van der Waals surface area contributed by atoms with Gasteiger partial charge in [-0.3, -0.25) is 4.79 Å². The van der Waals surface area contributed by atoms with E-state index in [0.717, 1.165) is 0 Å². The molecule has 0 aliphatic carbocycles. The Morgan fingerprint density at radius 3 is 2.69 bits per heavy atom. The smallest absolute Gasteiger partial charge is 0.225 e. The topological polar surface area (TPSA) is 29.1 Å². The normalized spacial score (nSPS) is 9.69. The summed E-state index contributed by atoms with van der Waals surface area (Å²) < 4.78 is 0. The van der Waals surface area contributed by atoms with E-state index in [0.29, 0.717) is 23.0 Å². The van der Waals surface area contributed by atoms with Gasteiger partial charge in [-0.25, -0.2) is 0 Å². The molecule has 0 spiro atoms. The number of amides is 1. The molecule has 0 heterocycles. The lowest BCUT2D eigenvalue weighted by atomic mass is 10.3. The summed E-state index contributed by atoms with van der Waals surface area (Å²) in [6.07, 6.45) is 0.298. The van der Waals surface area contributed by atoms with E-state index in [1.807, 2.05) is 6.07 Å². The van der Waals surface area contributed by atoms with Gasteiger partial charge in [0, 0.05) is 12.3 Å². The van der Waals surface area contributed by atoms with Crippen LogP contribution in [0.2, 0.25) is 5.02 Å². The van der Waals surface area contributed by atoms with Gasteiger partial charge in [-0.2, -0.15) is 0 Å². The lowest BCUT2D eigenvalue weighted by Gasteiger charge is -2.04. The third-order valence-electron chi connectivity index (χ3n) is 1.47. The SMILES string of the molecule is O=C(CCCl)Nc1ccccc1Cl. The molecule has 1 aromatic carbocycles. The quantitative estimate of drug-likeness (QED) is 0.776. The van der Waals surface area contributed by atoms with Gasteiger partial charge in [0.2, 0.25) is 5.91 Å². The van der Waals surface area contributed by atoms with Crippen molar-refractivity contribution < 1.29 is 4.79 Å². The van der Waals surface area contributed by atoms with Gasteiger partial charge in [0.25, 0.3) is 0 Å². The van der Waals surface area contributed by atoms with Crippen LogP contribution in [0, 0.1) is 0 Å². The van der Waals surface area contributed by atoms with Crippen LogP contribution in [0.3, 0.4) is 0 Å². The number of alkyl halides is 1. The fourth-order valence-electron chi connectivity index (χ4n) is 0.861. The average Bonchev–Trinajstić information content (AvgIpc) is 2.09. The van der Waals surface area contributed by atoms with Crippen molar-refractivity contribution >= 4 is 34.8 Å². The molecule has 13 heavy (non-hydrogen) atoms. The predicted molar refractivity (Wildman–Crippen MR) is 55.4 cm³/mol. The number of halogens is 2. The second kappa shape index (κ2) is 5.10. The Hall–Kier alpha value is -0.730. The number of para-hydroxylation sites is 1. The van der Waals surface area contributed by atoms with Crippen molar-refractivity contribution in [3.8, 4) is 0 Å². The van der Waals surface area contributed by atoms with Gasteiger partial charge in [-0.05, 0) is 12.1 Å². The van der Waals surface area contributed by atoms with Crippen molar-refractivity contribution in [1.82, 2.24) is 0 Å². The molecule has 1 rings (SSSR count). The monoisotopic (exact) mass is 217 g/mol. The maximum atomic E-state index is 11.1. The van der Waals surface area contributed by atoms with Crippen molar-refractivity contribution in [2.45, 2.75) is 6.42 Å². The molecule has 4 heteroatoms. The van der Waals surface area contributed by atoms with E-state index >= 15 is 0 Å². The number of hydrogen-bond acceptors (Lipinski definition) is 1. The predicted octanol–water partition coefficient (Wildman–Crippen LogP) is 2.91. The van der Waals surface area contributed by atoms with Crippen molar-refractivity contribution in [3.05, 3.63) is 29.3 Å². The first-order chi connectivity index (χ1) is 6.24. The fraction of sp³-hybridized carbons (Fsp3) is 0.222. The van der Waals surface area contributed by atoms with Crippen LogP contribution < -0.4 is 5.32 Å². The van der Waals surface area contributed by atoms with Crippen LogP contribution in [0.4, 0.5) is 5.69 Å². The van der Waals surface area contributed by atoms with Gasteiger partial charge in [0.15, 0.2) is 0 Å². The van der Waals surface area contributed by atoms with E-state index in [9.17, 15) is 4.79 Å². The molecule has 1 amide bonds. The number of anilines is 1. The van der Waals surface area contributed by atoms with Crippen LogP contribution in [-0.2, 0) is 4.79 Å². The molecule has 0 unspecified atom stereocenters. The number of carbonyl (C=O) groups excluding carboxylic acids is 1. The van der Waals surface area contributed by atoms with Crippen molar-refractivity contribution in [1.29, 1.82) is 0 Å². The molecule has 0 aliphatic heterocycles. The first kappa shape index (κ1) is 10.4. The highest BCUT2D eigenvalue weighted by Crippen LogP contribution is 2.20. The summed E-state index contributed by atoms with van der Waals surface area (Å²) in [5.41, 5.74) is 0.624. The van der Waals surface area contributed by atoms with Crippen molar-refractivity contribution in [3.63, 3.8) is 0 Å². The Kier molecular flexibility index (Phi) is 4.06. The number of rotatable bonds is 3. The largest absolute Gasteiger partial charge is 0.325 e. The van der Waals surface area contributed by atoms with E-state index in [2.05, 4.69) is 5.32 Å². The highest BCUT2D eigenvalue weighted by atomic mass is 35.5. The Morgan fingerprint density at radius 2 is 2.08 bits per heavy atom. The minimum Gasteiger partial charge on any atom is -0.325 e. The summed E-state index contributed by atoms with van der Waals surface area (Å²) in [5, 5.41) is 3.19. The van der Waals surface area contributed by atoms with E-state index in [-0.39, 0.29) is 5.91 Å². The van der Waals surface area contributed by atoms with E-state index in [1.165, 1.54) is 0 Å². The third kappa shape index (κ3) is 3.25. The summed E-state index contributed by atoms with van der Waals surface area (Å²) in [4.78, 5) is 11.1. The lowest BCUT2D eigenvalue weighted by Crippen LogP contribution is -2.11. The van der Waals surface area contributed by atoms with E-state index in [1.54, 1.807) is 18.2 Å². The maximum absolute atomic E-state index is 11.1. The van der Waals surface area contributed by atoms with Gasteiger partial charge >= 0.3 is 0 Å². The third-order valence-corrected chi connectivity index (χ3v) is 1.99. The van der Waals surface area contributed by atoms with Crippen LogP contribution in [-0.4, -0.2) is 11.8 Å². The second-order valence-electron chi connectivity index (χ2n) is 2.47. The molecule has 0 aliphatic rings. The molecule has 2 nitrogen and oxygen atoms in total. The fourth-order valence-corrected chi connectivity index (χ4v) is 1.22. The summed E-state index contributed by atoms with van der Waals surface area (Å²) in [7, 11) is 0. The molecule has 70 valence electrons. The first-order valence-electron chi connectivity index (χ1n) is 3.84. The number of benzene rings is 1. The molecule has 0 fully saturated rings. The molecular formula is C9H9Cl2NO. The standard InChI is InChI=1S/C9H9Cl2NO/c10-6-5-9(13)12-8-4-2-1-3-7(8)11/h1-4H,5-6H2,(H,12,13). The summed E-state index contributed by atoms with van der Waals surface area (Å²) in [6.45, 7) is 0. The highest BCUT2D eigenvalue weighted by molar-refractivity contribution is 6.33. The molecule has 1 N–H and O–H groups in total. The van der Waals surface area contributed by atoms with Crippen LogP contribution in [0.5, 0.6) is 0 Å². The molecule has 0 atom stereocenters. The Bertz CT molecular complexity index is 301. The Balaban J connectivity index is 2.63. The minimum absolute atomic E-state index is 0.122. The zero-order valence-electron chi connectivity index (χ0n) is 6.89. The highest BCUT2D eigenvalue weighted by Gasteiger charge is 2.03. The molecule has 0 saturated heterocycles. The number of hydrogen-bond donors (Lipinski definition) is 1. The van der Waals surface area contributed by atoms with Crippen molar-refractivity contribution in [2.75, 3.05) is 11.2 Å². The second-order valence-corrected chi connectivity index (χ2v) is 3.25. The molecule has 0 aromatic heterocycles. The van der Waals surface area contributed by atoms with E-state index in [4.69, 9.17) is 23.2 Å². The first-order valence-corrected chi connectivity index (χ1v) is 4.75.